The molecule has 0 spiro atoms. The highest BCUT2D eigenvalue weighted by atomic mass is 79.9. The molecule has 16 nitrogen and oxygen atoms in total. The van der Waals surface area contributed by atoms with Crippen LogP contribution in [-0.2, 0) is 39.3 Å². The van der Waals surface area contributed by atoms with Gasteiger partial charge in [-0.05, 0) is 145 Å². The maximum absolute atomic E-state index is 12.9. The molecule has 4 amide bonds. The third-order valence-corrected chi connectivity index (χ3v) is 16.8. The molecule has 4 aliphatic heterocycles. The number of H-pyrrole nitrogens is 1. The summed E-state index contributed by atoms with van der Waals surface area (Å²) in [5.74, 6) is 3.99. The summed E-state index contributed by atoms with van der Waals surface area (Å²) in [7, 11) is 3.30. The molecule has 0 radical (unpaired) electrons. The van der Waals surface area contributed by atoms with Crippen molar-refractivity contribution in [2.45, 2.75) is 95.5 Å². The minimum Gasteiger partial charge on any atom is -0.497 e. The monoisotopic (exact) mass is 1250 g/mol. The third kappa shape index (κ3) is 13.1. The lowest BCUT2D eigenvalue weighted by atomic mass is 10.1. The number of nitrogens with one attached hydrogen (secondary N) is 3. The molecule has 0 atom stereocenters. The summed E-state index contributed by atoms with van der Waals surface area (Å²) < 4.78 is 16.3. The first-order chi connectivity index (χ1) is 40.9. The zero-order chi connectivity index (χ0) is 57.8. The topological polar surface area (TPSA) is 182 Å². The summed E-state index contributed by atoms with van der Waals surface area (Å²) in [6, 6.07) is 39.4. The van der Waals surface area contributed by atoms with Crippen LogP contribution in [0.4, 0.5) is 0 Å². The number of carbonyl (C=O) groups is 4. The molecule has 0 saturated heterocycles. The van der Waals surface area contributed by atoms with Crippen molar-refractivity contribution in [3.63, 3.8) is 0 Å². The number of benzene rings is 6. The number of carbonyl (C=O) groups excluding carboxylic acids is 4. The fraction of sp³-hybridized carbons (Fsp3) is 0.258. The Morgan fingerprint density at radius 2 is 0.940 bits per heavy atom. The number of aromatic amines is 1. The first-order valence-electron chi connectivity index (χ1n) is 28.2. The average molecular weight is 1250 g/mol. The number of amides is 4. The third-order valence-electron chi connectivity index (χ3n) is 15.9. The predicted octanol–water partition coefficient (Wildman–Crippen LogP) is 12.5. The van der Waals surface area contributed by atoms with E-state index in [1.54, 1.807) is 20.5 Å². The number of methoxy groups -OCH3 is 2. The molecule has 3 saturated carbocycles. The van der Waals surface area contributed by atoms with Crippen LogP contribution in [0.25, 0.3) is 11.4 Å². The number of imidazole rings is 3. The van der Waals surface area contributed by atoms with E-state index in [2.05, 4.69) is 87.0 Å². The van der Waals surface area contributed by atoms with Crippen molar-refractivity contribution in [3.8, 4) is 22.9 Å². The molecule has 84 heavy (non-hydrogen) atoms. The van der Waals surface area contributed by atoms with Gasteiger partial charge in [0, 0.05) is 124 Å². The van der Waals surface area contributed by atoms with Gasteiger partial charge in [0.15, 0.2) is 0 Å². The SMILES string of the molecule is COc1ccc(CN2Cc3ccc(-n4cnc(C5CC5)c4)cc3C2=O)cc1.COc1ccc(CN2Cc3ccc(Br)cc3C2=O)cc1.O=C1NCc2ccc(-n3cnc(C4CC4)c3)cc21.O=C1NCc2ccc(Br)cc21.c1ncc(C2CC2)[nH]1. The molecule has 0 unspecified atom stereocenters. The Balaban J connectivity index is 0.000000109. The molecule has 7 aliphatic rings. The van der Waals surface area contributed by atoms with E-state index in [0.717, 1.165) is 99.1 Å². The largest absolute Gasteiger partial charge is 0.497 e. The number of halogens is 2. The van der Waals surface area contributed by atoms with Crippen molar-refractivity contribution in [2.75, 3.05) is 14.2 Å². The van der Waals surface area contributed by atoms with Gasteiger partial charge in [0.1, 0.15) is 11.5 Å². The van der Waals surface area contributed by atoms with Gasteiger partial charge in [-0.15, -0.1) is 0 Å². The Labute approximate surface area is 503 Å². The fourth-order valence-corrected chi connectivity index (χ4v) is 11.3. The molecule has 9 aromatic rings. The second kappa shape index (κ2) is 24.7. The molecule has 3 N–H and O–H groups in total. The number of aromatic nitrogens is 6. The Hall–Kier alpha value is -8.61. The molecule has 426 valence electrons. The average Bonchev–Trinajstić information content (AvgIpc) is 3.85. The van der Waals surface area contributed by atoms with Crippen LogP contribution >= 0.6 is 31.9 Å². The number of ether oxygens (including phenoxy) is 2. The van der Waals surface area contributed by atoms with Crippen molar-refractivity contribution < 1.29 is 28.7 Å². The van der Waals surface area contributed by atoms with Gasteiger partial charge < -0.3 is 44.0 Å². The number of hydrogen-bond acceptors (Lipinski definition) is 9. The van der Waals surface area contributed by atoms with Crippen molar-refractivity contribution >= 4 is 55.5 Å². The number of rotatable bonds is 11. The maximum Gasteiger partial charge on any atom is 0.254 e. The summed E-state index contributed by atoms with van der Waals surface area (Å²) in [6.07, 6.45) is 19.2. The van der Waals surface area contributed by atoms with Crippen LogP contribution in [0.15, 0.2) is 168 Å². The summed E-state index contributed by atoms with van der Waals surface area (Å²) in [5, 5.41) is 5.59. The predicted molar refractivity (Wildman–Crippen MR) is 325 cm³/mol. The molecule has 7 heterocycles. The minimum absolute atomic E-state index is 0.0226. The number of hydrogen-bond donors (Lipinski definition) is 3. The van der Waals surface area contributed by atoms with Gasteiger partial charge in [0.05, 0.1) is 44.6 Å². The molecule has 18 heteroatoms. The molecule has 16 rings (SSSR count). The first-order valence-corrected chi connectivity index (χ1v) is 29.8. The normalized spacial score (nSPS) is 15.8. The Bertz CT molecular complexity index is 3890. The lowest BCUT2D eigenvalue weighted by Crippen LogP contribution is -2.23. The summed E-state index contributed by atoms with van der Waals surface area (Å²) >= 11 is 6.72. The zero-order valence-corrected chi connectivity index (χ0v) is 49.7. The number of fused-ring (bicyclic) bond motifs is 4. The fourth-order valence-electron chi connectivity index (χ4n) is 10.6. The zero-order valence-electron chi connectivity index (χ0n) is 46.6. The van der Waals surface area contributed by atoms with E-state index in [1.807, 2.05) is 147 Å². The molecular formula is C66H62Br2N10O6. The Morgan fingerprint density at radius 1 is 0.512 bits per heavy atom. The van der Waals surface area contributed by atoms with Crippen LogP contribution < -0.4 is 20.1 Å². The first kappa shape index (κ1) is 55.9. The lowest BCUT2D eigenvalue weighted by Gasteiger charge is -2.15. The molecule has 3 aliphatic carbocycles. The quantitative estimate of drug-likeness (QED) is 0.113. The second-order valence-electron chi connectivity index (χ2n) is 21.9. The molecular weight excluding hydrogens is 1190 g/mol. The van der Waals surface area contributed by atoms with Crippen molar-refractivity contribution in [2.24, 2.45) is 0 Å². The smallest absolute Gasteiger partial charge is 0.254 e. The van der Waals surface area contributed by atoms with Crippen LogP contribution in [0.3, 0.4) is 0 Å². The van der Waals surface area contributed by atoms with Crippen LogP contribution in [-0.4, -0.2) is 76.7 Å². The standard InChI is InChI=1S/C22H21N3O2.C16H14BrNO2.C14H13N3O.C8H6BrNO.C6H8N2/c1-27-19-8-2-15(3-9-19)11-24-12-17-6-7-18(10-20(17)22(24)26)25-13-21(23-14-25)16-4-5-16;1-20-14-6-2-11(3-7-14)9-18-10-12-4-5-13(17)8-15(12)16(18)19;18-14-12-5-11(4-3-10(12)6-15-14)17-7-13(16-8-17)9-1-2-9;9-6-2-1-5-4-10-8(11)7(5)3-6;1-2-5(1)6-3-7-4-8-6/h2-3,6-10,13-14,16H,4-5,11-12H2,1H3;2-8H,9-10H2,1H3;3-5,7-9H,1-2,6H2,(H,15,18);1-3H,4H2,(H,10,11);3-5H,1-2H2,(H,7,8). The molecule has 3 aromatic heterocycles. The van der Waals surface area contributed by atoms with E-state index in [0.29, 0.717) is 51.1 Å². The van der Waals surface area contributed by atoms with E-state index in [1.165, 1.54) is 49.9 Å². The van der Waals surface area contributed by atoms with Gasteiger partial charge in [-0.1, -0.05) is 80.4 Å². The lowest BCUT2D eigenvalue weighted by molar-refractivity contribution is 0.0759. The van der Waals surface area contributed by atoms with Crippen molar-refractivity contribution in [3.05, 3.63) is 241 Å². The van der Waals surface area contributed by atoms with Gasteiger partial charge in [0.25, 0.3) is 23.6 Å². The molecule has 3 fully saturated rings. The maximum atomic E-state index is 12.9. The van der Waals surface area contributed by atoms with Gasteiger partial charge >= 0.3 is 0 Å². The minimum atomic E-state index is 0.0226. The van der Waals surface area contributed by atoms with Crippen LogP contribution in [0.1, 0.15) is 148 Å². The highest BCUT2D eigenvalue weighted by molar-refractivity contribution is 9.10. The van der Waals surface area contributed by atoms with E-state index < -0.39 is 0 Å². The van der Waals surface area contributed by atoms with Gasteiger partial charge in [0.2, 0.25) is 0 Å². The van der Waals surface area contributed by atoms with Crippen molar-refractivity contribution in [1.29, 1.82) is 0 Å². The summed E-state index contributed by atoms with van der Waals surface area (Å²) in [4.78, 5) is 67.7. The highest BCUT2D eigenvalue weighted by Gasteiger charge is 2.31. The summed E-state index contributed by atoms with van der Waals surface area (Å²) in [5.41, 5.74) is 15.3. The number of nitrogens with zero attached hydrogens (tertiary/aromatic N) is 7. The van der Waals surface area contributed by atoms with Crippen LogP contribution in [0, 0.1) is 0 Å². The molecule has 6 aromatic carbocycles. The second-order valence-corrected chi connectivity index (χ2v) is 23.7. The van der Waals surface area contributed by atoms with Gasteiger partial charge in [-0.3, -0.25) is 19.2 Å². The van der Waals surface area contributed by atoms with E-state index in [-0.39, 0.29) is 23.6 Å². The summed E-state index contributed by atoms with van der Waals surface area (Å²) in [6.45, 7) is 3.86. The van der Waals surface area contributed by atoms with Crippen LogP contribution in [0.5, 0.6) is 11.5 Å². The van der Waals surface area contributed by atoms with E-state index in [4.69, 9.17) is 9.47 Å². The Morgan fingerprint density at radius 3 is 1.40 bits per heavy atom. The van der Waals surface area contributed by atoms with Gasteiger partial charge in [-0.2, -0.15) is 0 Å². The van der Waals surface area contributed by atoms with E-state index in [9.17, 15) is 19.2 Å². The van der Waals surface area contributed by atoms with Crippen LogP contribution in [0.2, 0.25) is 0 Å². The van der Waals surface area contributed by atoms with E-state index >= 15 is 0 Å². The van der Waals surface area contributed by atoms with Gasteiger partial charge in [-0.25, -0.2) is 15.0 Å². The molecule has 0 bridgehead atoms. The highest BCUT2D eigenvalue weighted by Crippen LogP contribution is 2.41. The Kier molecular flexibility index (Phi) is 16.4. The van der Waals surface area contributed by atoms with Crippen molar-refractivity contribution in [1.82, 2.24) is 49.5 Å².